The van der Waals surface area contributed by atoms with Gasteiger partial charge in [0.15, 0.2) is 9.84 Å². The number of carbonyl (C=O) groups excluding carboxylic acids is 1. The van der Waals surface area contributed by atoms with Crippen LogP contribution in [0.2, 0.25) is 5.02 Å². The van der Waals surface area contributed by atoms with Crippen LogP contribution in [0.3, 0.4) is 0 Å². The number of benzene rings is 2. The van der Waals surface area contributed by atoms with Crippen molar-refractivity contribution in [3.05, 3.63) is 71.0 Å². The second-order valence-corrected chi connectivity index (χ2v) is 11.9. The first-order valence-corrected chi connectivity index (χ1v) is 14.5. The third kappa shape index (κ3) is 5.22. The molecule has 9 nitrogen and oxygen atoms in total. The second kappa shape index (κ2) is 10.9. The highest BCUT2D eigenvalue weighted by Crippen LogP contribution is 2.25. The topological polar surface area (TPSA) is 115 Å². The summed E-state index contributed by atoms with van der Waals surface area (Å²) < 4.78 is 27.8. The highest BCUT2D eigenvalue weighted by Gasteiger charge is 2.25. The summed E-state index contributed by atoms with van der Waals surface area (Å²) in [6.45, 7) is 1.77. The summed E-state index contributed by atoms with van der Waals surface area (Å²) in [5, 5.41) is 21.5. The van der Waals surface area contributed by atoms with E-state index in [4.69, 9.17) is 11.6 Å². The third-order valence-electron chi connectivity index (χ3n) is 6.97. The Morgan fingerprint density at radius 3 is 2.45 bits per heavy atom. The zero-order valence-corrected chi connectivity index (χ0v) is 22.3. The average Bonchev–Trinajstić information content (AvgIpc) is 3.29. The number of nitrogens with zero attached hydrogens (tertiary/aromatic N) is 4. The molecule has 0 aliphatic carbocycles. The van der Waals surface area contributed by atoms with Gasteiger partial charge in [-0.05, 0) is 47.2 Å². The Bertz CT molecular complexity index is 1600. The molecule has 1 saturated heterocycles. The lowest BCUT2D eigenvalue weighted by Crippen LogP contribution is -2.49. The van der Waals surface area contributed by atoms with Crippen molar-refractivity contribution >= 4 is 49.6 Å². The second-order valence-electron chi connectivity index (χ2n) is 9.30. The Morgan fingerprint density at radius 1 is 0.974 bits per heavy atom. The van der Waals surface area contributed by atoms with Crippen LogP contribution in [0, 0.1) is 0 Å². The number of piperazine rings is 1. The number of sulfone groups is 1. The number of amides is 1. The smallest absolute Gasteiger partial charge is 0.223 e. The summed E-state index contributed by atoms with van der Waals surface area (Å²) in [4.78, 5) is 21.5. The summed E-state index contributed by atoms with van der Waals surface area (Å²) >= 11 is 6.02. The van der Waals surface area contributed by atoms with Crippen molar-refractivity contribution in [2.75, 3.05) is 43.4 Å². The van der Waals surface area contributed by atoms with E-state index in [0.29, 0.717) is 54.7 Å². The van der Waals surface area contributed by atoms with E-state index in [9.17, 15) is 23.4 Å². The van der Waals surface area contributed by atoms with Crippen LogP contribution in [-0.4, -0.2) is 77.4 Å². The van der Waals surface area contributed by atoms with Crippen LogP contribution >= 0.6 is 11.6 Å². The molecule has 2 N–H and O–H groups in total. The van der Waals surface area contributed by atoms with Crippen LogP contribution in [0.4, 0.5) is 5.82 Å². The summed E-state index contributed by atoms with van der Waals surface area (Å²) in [6, 6.07) is 15.9. The van der Waals surface area contributed by atoms with Crippen LogP contribution in [0.1, 0.15) is 17.8 Å². The van der Waals surface area contributed by atoms with Gasteiger partial charge in [-0.2, -0.15) is 0 Å². The zero-order valence-electron chi connectivity index (χ0n) is 20.8. The first kappa shape index (κ1) is 26.4. The molecule has 2 aromatic heterocycles. The number of carbonyl (C=O) groups is 1. The number of imidazole rings is 1. The number of rotatable bonds is 8. The standard InChI is InChI=1S/C27H29ClN4O5S/c28-21-6-4-20-17-22(7-5-19(20)16-21)38(36,37)15-9-27(35)31-12-10-30(11-13-31)26-3-1-2-25-29-23(8-14-33)24(18-34)32(25)26/h1-7,16-17,33-34H,8-15,18H2. The number of hydrogen-bond donors (Lipinski definition) is 2. The molecule has 1 amide bonds. The number of pyridine rings is 1. The molecule has 38 heavy (non-hydrogen) atoms. The van der Waals surface area contributed by atoms with Gasteiger partial charge in [0.25, 0.3) is 0 Å². The number of aromatic nitrogens is 2. The van der Waals surface area contributed by atoms with E-state index in [1.165, 1.54) is 0 Å². The molecule has 0 atom stereocenters. The van der Waals surface area contributed by atoms with E-state index < -0.39 is 9.84 Å². The van der Waals surface area contributed by atoms with E-state index in [1.807, 2.05) is 22.6 Å². The minimum Gasteiger partial charge on any atom is -0.396 e. The molecule has 5 rings (SSSR count). The lowest BCUT2D eigenvalue weighted by Gasteiger charge is -2.36. The Balaban J connectivity index is 1.23. The number of aliphatic hydroxyl groups is 2. The van der Waals surface area contributed by atoms with Crippen molar-refractivity contribution in [2.45, 2.75) is 24.3 Å². The summed E-state index contributed by atoms with van der Waals surface area (Å²) in [5.74, 6) is 0.408. The van der Waals surface area contributed by atoms with Gasteiger partial charge in [-0.25, -0.2) is 13.4 Å². The third-order valence-corrected chi connectivity index (χ3v) is 8.92. The van der Waals surface area contributed by atoms with E-state index in [2.05, 4.69) is 9.88 Å². The average molecular weight is 557 g/mol. The lowest BCUT2D eigenvalue weighted by atomic mass is 10.1. The van der Waals surface area contributed by atoms with Crippen molar-refractivity contribution in [2.24, 2.45) is 0 Å². The van der Waals surface area contributed by atoms with Crippen LogP contribution in [0.5, 0.6) is 0 Å². The number of anilines is 1. The Labute approximate surface area is 225 Å². The molecule has 0 radical (unpaired) electrons. The maximum absolute atomic E-state index is 13.0. The first-order valence-electron chi connectivity index (χ1n) is 12.5. The van der Waals surface area contributed by atoms with E-state index in [-0.39, 0.29) is 36.2 Å². The minimum atomic E-state index is -3.63. The van der Waals surface area contributed by atoms with E-state index >= 15 is 0 Å². The van der Waals surface area contributed by atoms with Crippen molar-refractivity contribution < 1.29 is 23.4 Å². The first-order chi connectivity index (χ1) is 18.3. The predicted octanol–water partition coefficient (Wildman–Crippen LogP) is 2.68. The number of fused-ring (bicyclic) bond motifs is 2. The lowest BCUT2D eigenvalue weighted by molar-refractivity contribution is -0.131. The SMILES string of the molecule is O=C(CCS(=O)(=O)c1ccc2cc(Cl)ccc2c1)N1CCN(c2cccc3nc(CCO)c(CO)n23)CC1. The molecule has 200 valence electrons. The van der Waals surface area contributed by atoms with Gasteiger partial charge in [-0.3, -0.25) is 9.20 Å². The fourth-order valence-electron chi connectivity index (χ4n) is 4.97. The summed E-state index contributed by atoms with van der Waals surface area (Å²) in [7, 11) is -3.63. The minimum absolute atomic E-state index is 0.0571. The fourth-order valence-corrected chi connectivity index (χ4v) is 6.41. The molecule has 0 saturated carbocycles. The number of halogens is 1. The zero-order chi connectivity index (χ0) is 26.9. The molecular weight excluding hydrogens is 528 g/mol. The molecule has 0 bridgehead atoms. The highest BCUT2D eigenvalue weighted by molar-refractivity contribution is 7.91. The molecular formula is C27H29ClN4O5S. The van der Waals surface area contributed by atoms with Crippen molar-refractivity contribution in [3.8, 4) is 0 Å². The van der Waals surface area contributed by atoms with Crippen molar-refractivity contribution in [1.82, 2.24) is 14.3 Å². The van der Waals surface area contributed by atoms with Crippen molar-refractivity contribution in [1.29, 1.82) is 0 Å². The highest BCUT2D eigenvalue weighted by atomic mass is 35.5. The van der Waals surface area contributed by atoms with Gasteiger partial charge in [-0.15, -0.1) is 0 Å². The normalized spacial score (nSPS) is 14.5. The van der Waals surface area contributed by atoms with Gasteiger partial charge in [0.2, 0.25) is 5.91 Å². The number of aliphatic hydroxyl groups excluding tert-OH is 2. The van der Waals surface area contributed by atoms with Gasteiger partial charge in [-0.1, -0.05) is 29.8 Å². The van der Waals surface area contributed by atoms with Gasteiger partial charge in [0.1, 0.15) is 11.5 Å². The molecule has 1 aliphatic rings. The largest absolute Gasteiger partial charge is 0.396 e. The van der Waals surface area contributed by atoms with Crippen LogP contribution < -0.4 is 4.90 Å². The fraction of sp³-hybridized carbons (Fsp3) is 0.333. The molecule has 11 heteroatoms. The molecule has 4 aromatic rings. The quantitative estimate of drug-likeness (QED) is 0.343. The maximum Gasteiger partial charge on any atom is 0.223 e. The molecule has 1 fully saturated rings. The summed E-state index contributed by atoms with van der Waals surface area (Å²) in [5.41, 5.74) is 1.99. The molecule has 0 unspecified atom stereocenters. The van der Waals surface area contributed by atoms with E-state index in [1.54, 1.807) is 41.3 Å². The Hall–Kier alpha value is -3.18. The van der Waals surface area contributed by atoms with Gasteiger partial charge in [0.05, 0.1) is 28.6 Å². The monoisotopic (exact) mass is 556 g/mol. The van der Waals surface area contributed by atoms with Gasteiger partial charge in [0, 0.05) is 50.7 Å². The van der Waals surface area contributed by atoms with Crippen LogP contribution in [0.25, 0.3) is 16.4 Å². The Kier molecular flexibility index (Phi) is 7.58. The van der Waals surface area contributed by atoms with Crippen LogP contribution in [-0.2, 0) is 27.7 Å². The van der Waals surface area contributed by atoms with Gasteiger partial charge < -0.3 is 20.0 Å². The Morgan fingerprint density at radius 2 is 1.71 bits per heavy atom. The molecule has 0 spiro atoms. The van der Waals surface area contributed by atoms with Gasteiger partial charge >= 0.3 is 0 Å². The van der Waals surface area contributed by atoms with Crippen molar-refractivity contribution in [3.63, 3.8) is 0 Å². The summed E-state index contributed by atoms with van der Waals surface area (Å²) in [6.07, 6.45) is 0.271. The predicted molar refractivity (Wildman–Crippen MR) is 146 cm³/mol. The molecule has 2 aromatic carbocycles. The molecule has 1 aliphatic heterocycles. The van der Waals surface area contributed by atoms with Crippen LogP contribution in [0.15, 0.2) is 59.5 Å². The van der Waals surface area contributed by atoms with E-state index in [0.717, 1.165) is 16.6 Å². The maximum atomic E-state index is 13.0. The number of hydrogen-bond acceptors (Lipinski definition) is 7. The molecule has 3 heterocycles.